The second-order valence-electron chi connectivity index (χ2n) is 10.9. The molecule has 0 aliphatic heterocycles. The molecule has 0 bridgehead atoms. The third-order valence-electron chi connectivity index (χ3n) is 7.74. The molecule has 0 radical (unpaired) electrons. The number of halogens is 1. The predicted octanol–water partition coefficient (Wildman–Crippen LogP) is 5.59. The summed E-state index contributed by atoms with van der Waals surface area (Å²) in [5, 5.41) is 3.05. The van der Waals surface area contributed by atoms with E-state index in [-0.39, 0.29) is 34.6 Å². The lowest BCUT2D eigenvalue weighted by atomic mass is 9.95. The highest BCUT2D eigenvalue weighted by atomic mass is 32.2. The molecule has 1 saturated carbocycles. The number of nitrogens with one attached hydrogen (secondary N) is 1. The first kappa shape index (κ1) is 32.0. The number of carbonyl (C=O) groups is 2. The molecule has 1 N–H and O–H groups in total. The van der Waals surface area contributed by atoms with Gasteiger partial charge < -0.3 is 15.0 Å². The summed E-state index contributed by atoms with van der Waals surface area (Å²) in [6.07, 6.45) is 4.89. The number of rotatable bonds is 12. The van der Waals surface area contributed by atoms with Crippen LogP contribution in [0.15, 0.2) is 77.7 Å². The minimum atomic E-state index is -4.22. The van der Waals surface area contributed by atoms with Crippen LogP contribution < -0.4 is 14.4 Å². The Morgan fingerprint density at radius 1 is 0.977 bits per heavy atom. The zero-order valence-electron chi connectivity index (χ0n) is 25.0. The Bertz CT molecular complexity index is 1490. The van der Waals surface area contributed by atoms with E-state index >= 15 is 0 Å². The van der Waals surface area contributed by atoms with Crippen molar-refractivity contribution in [2.75, 3.05) is 17.5 Å². The topological polar surface area (TPSA) is 96.0 Å². The van der Waals surface area contributed by atoms with Gasteiger partial charge in [-0.15, -0.1) is 0 Å². The molecule has 1 fully saturated rings. The lowest BCUT2D eigenvalue weighted by Crippen LogP contribution is -2.53. The third kappa shape index (κ3) is 8.13. The van der Waals surface area contributed by atoms with Crippen molar-refractivity contribution in [3.8, 4) is 5.75 Å². The molecule has 0 heterocycles. The molecule has 4 rings (SSSR count). The van der Waals surface area contributed by atoms with Crippen LogP contribution in [0.25, 0.3) is 0 Å². The number of carbonyl (C=O) groups excluding carboxylic acids is 2. The van der Waals surface area contributed by atoms with Crippen molar-refractivity contribution in [2.45, 2.75) is 76.4 Å². The Hall–Kier alpha value is -3.92. The molecule has 43 heavy (non-hydrogen) atoms. The van der Waals surface area contributed by atoms with Gasteiger partial charge in [0, 0.05) is 18.2 Å². The molecule has 3 aromatic rings. The molecule has 8 nitrogen and oxygen atoms in total. The van der Waals surface area contributed by atoms with Crippen molar-refractivity contribution in [2.24, 2.45) is 0 Å². The summed E-state index contributed by atoms with van der Waals surface area (Å²) in [5.74, 6) is -0.983. The smallest absolute Gasteiger partial charge is 0.264 e. The van der Waals surface area contributed by atoms with Gasteiger partial charge in [-0.2, -0.15) is 0 Å². The van der Waals surface area contributed by atoms with Crippen molar-refractivity contribution in [1.82, 2.24) is 10.2 Å². The summed E-state index contributed by atoms with van der Waals surface area (Å²) >= 11 is 0. The lowest BCUT2D eigenvalue weighted by Gasteiger charge is -2.33. The number of aryl methyl sites for hydroxylation is 1. The minimum Gasteiger partial charge on any atom is -0.494 e. The Morgan fingerprint density at radius 2 is 1.63 bits per heavy atom. The van der Waals surface area contributed by atoms with E-state index in [1.807, 2.05) is 13.8 Å². The van der Waals surface area contributed by atoms with Gasteiger partial charge in [0.1, 0.15) is 24.2 Å². The number of benzene rings is 3. The Balaban J connectivity index is 1.67. The normalized spacial score (nSPS) is 14.5. The molecule has 10 heteroatoms. The predicted molar refractivity (Wildman–Crippen MR) is 165 cm³/mol. The second kappa shape index (κ2) is 14.5. The van der Waals surface area contributed by atoms with E-state index in [1.54, 1.807) is 61.5 Å². The molecule has 2 amide bonds. The number of hydrogen-bond acceptors (Lipinski definition) is 5. The maximum absolute atomic E-state index is 14.8. The number of sulfonamides is 1. The number of amides is 2. The van der Waals surface area contributed by atoms with Gasteiger partial charge in [0.15, 0.2) is 0 Å². The highest BCUT2D eigenvalue weighted by Gasteiger charge is 2.33. The fourth-order valence-electron chi connectivity index (χ4n) is 5.20. The van der Waals surface area contributed by atoms with Crippen molar-refractivity contribution >= 4 is 27.5 Å². The molecule has 1 atom stereocenters. The maximum atomic E-state index is 14.8. The van der Waals surface area contributed by atoms with Crippen molar-refractivity contribution in [1.29, 1.82) is 0 Å². The highest BCUT2D eigenvalue weighted by Crippen LogP contribution is 2.27. The molecule has 0 unspecified atom stereocenters. The highest BCUT2D eigenvalue weighted by molar-refractivity contribution is 7.92. The Kier molecular flexibility index (Phi) is 10.8. The van der Waals surface area contributed by atoms with Crippen LogP contribution in [0, 0.1) is 12.7 Å². The molecular weight excluding hydrogens is 569 g/mol. The molecule has 230 valence electrons. The standard InChI is InChI=1S/C33H40FN3O5S/c1-4-42-29-18-20-30(21-19-29)43(40,41)37(28-16-14-24(2)15-17-28)23-32(38)36(22-26-10-8-9-13-31(26)34)25(3)33(39)35-27-11-6-5-7-12-27/h8-10,13-21,25,27H,4-7,11-12,22-23H2,1-3H3,(H,35,39)/t25-/m1/s1. The van der Waals surface area contributed by atoms with Crippen LogP contribution in [0.2, 0.25) is 0 Å². The SMILES string of the molecule is CCOc1ccc(S(=O)(=O)N(CC(=O)N(Cc2ccccc2F)[C@H](C)C(=O)NC2CCCCC2)c2ccc(C)cc2)cc1. The number of ether oxygens (including phenoxy) is 1. The Labute approximate surface area is 253 Å². The molecule has 0 aromatic heterocycles. The van der Waals surface area contributed by atoms with Gasteiger partial charge in [-0.05, 0) is 76.1 Å². The second-order valence-corrected chi connectivity index (χ2v) is 12.7. The van der Waals surface area contributed by atoms with Crippen molar-refractivity contribution < 1.29 is 27.1 Å². The van der Waals surface area contributed by atoms with Crippen LogP contribution in [0.1, 0.15) is 57.1 Å². The first-order valence-electron chi connectivity index (χ1n) is 14.8. The van der Waals surface area contributed by atoms with Gasteiger partial charge in [-0.25, -0.2) is 12.8 Å². The largest absolute Gasteiger partial charge is 0.494 e. The summed E-state index contributed by atoms with van der Waals surface area (Å²) in [6, 6.07) is 17.9. The fraction of sp³-hybridized carbons (Fsp3) is 0.394. The molecule has 1 aliphatic carbocycles. The van der Waals surface area contributed by atoms with Crippen LogP contribution >= 0.6 is 0 Å². The quantitative estimate of drug-likeness (QED) is 0.289. The first-order valence-corrected chi connectivity index (χ1v) is 16.2. The van der Waals surface area contributed by atoms with E-state index in [0.717, 1.165) is 42.0 Å². The van der Waals surface area contributed by atoms with Gasteiger partial charge in [-0.3, -0.25) is 13.9 Å². The van der Waals surface area contributed by atoms with E-state index in [2.05, 4.69) is 5.32 Å². The van der Waals surface area contributed by atoms with E-state index in [1.165, 1.54) is 23.1 Å². The zero-order valence-corrected chi connectivity index (χ0v) is 25.8. The van der Waals surface area contributed by atoms with Crippen molar-refractivity contribution in [3.05, 3.63) is 89.7 Å². The van der Waals surface area contributed by atoms with Crippen LogP contribution in [0.3, 0.4) is 0 Å². The van der Waals surface area contributed by atoms with E-state index in [4.69, 9.17) is 4.74 Å². The molecule has 0 spiro atoms. The van der Waals surface area contributed by atoms with Gasteiger partial charge in [-0.1, -0.05) is 55.2 Å². The summed E-state index contributed by atoms with van der Waals surface area (Å²) < 4.78 is 49.2. The summed E-state index contributed by atoms with van der Waals surface area (Å²) in [7, 11) is -4.22. The zero-order chi connectivity index (χ0) is 31.0. The number of nitrogens with zero attached hydrogens (tertiary/aromatic N) is 2. The van der Waals surface area contributed by atoms with Crippen LogP contribution in [-0.4, -0.2) is 50.4 Å². The van der Waals surface area contributed by atoms with Crippen LogP contribution in [-0.2, 0) is 26.2 Å². The molecular formula is C33H40FN3O5S. The monoisotopic (exact) mass is 609 g/mol. The van der Waals surface area contributed by atoms with Crippen molar-refractivity contribution in [3.63, 3.8) is 0 Å². The van der Waals surface area contributed by atoms with E-state index in [0.29, 0.717) is 12.4 Å². The van der Waals surface area contributed by atoms with E-state index in [9.17, 15) is 22.4 Å². The van der Waals surface area contributed by atoms with Gasteiger partial charge in [0.2, 0.25) is 11.8 Å². The lowest BCUT2D eigenvalue weighted by molar-refractivity contribution is -0.139. The molecule has 3 aromatic carbocycles. The van der Waals surface area contributed by atoms with E-state index < -0.39 is 34.3 Å². The number of anilines is 1. The molecule has 1 aliphatic rings. The molecule has 0 saturated heterocycles. The number of hydrogen-bond donors (Lipinski definition) is 1. The average Bonchev–Trinajstić information content (AvgIpc) is 3.00. The maximum Gasteiger partial charge on any atom is 0.264 e. The van der Waals surface area contributed by atoms with Crippen LogP contribution in [0.5, 0.6) is 5.75 Å². The summed E-state index contributed by atoms with van der Waals surface area (Å²) in [5.41, 5.74) is 1.44. The van der Waals surface area contributed by atoms with Gasteiger partial charge >= 0.3 is 0 Å². The van der Waals surface area contributed by atoms with Gasteiger partial charge in [0.25, 0.3) is 10.0 Å². The third-order valence-corrected chi connectivity index (χ3v) is 9.53. The Morgan fingerprint density at radius 3 is 2.26 bits per heavy atom. The first-order chi connectivity index (χ1) is 20.6. The van der Waals surface area contributed by atoms with Gasteiger partial charge in [0.05, 0.1) is 17.2 Å². The summed E-state index contributed by atoms with van der Waals surface area (Å²) in [6.45, 7) is 4.94. The van der Waals surface area contributed by atoms with Crippen LogP contribution in [0.4, 0.5) is 10.1 Å². The average molecular weight is 610 g/mol. The minimum absolute atomic E-state index is 0.0122. The summed E-state index contributed by atoms with van der Waals surface area (Å²) in [4.78, 5) is 28.7. The fourth-order valence-corrected chi connectivity index (χ4v) is 6.62.